The Balaban J connectivity index is 1.84. The predicted octanol–water partition coefficient (Wildman–Crippen LogP) is 2.08. The quantitative estimate of drug-likeness (QED) is 0.761. The van der Waals surface area contributed by atoms with Gasteiger partial charge in [0.15, 0.2) is 5.16 Å². The molecular weight excluding hydrogens is 286 g/mol. The van der Waals surface area contributed by atoms with E-state index in [2.05, 4.69) is 25.3 Å². The van der Waals surface area contributed by atoms with Crippen LogP contribution in [0.1, 0.15) is 0 Å². The third-order valence-electron chi connectivity index (χ3n) is 2.62. The monoisotopic (exact) mass is 299 g/mol. The number of hydrogen-bond donors (Lipinski definition) is 2. The Bertz CT molecular complexity index is 741. The van der Waals surface area contributed by atoms with Crippen molar-refractivity contribution in [3.8, 4) is 0 Å². The molecule has 0 spiro atoms. The highest BCUT2D eigenvalue weighted by atomic mass is 32.2. The maximum atomic E-state index is 5.74. The van der Waals surface area contributed by atoms with Crippen molar-refractivity contribution in [3.63, 3.8) is 0 Å². The van der Waals surface area contributed by atoms with E-state index in [1.54, 1.807) is 6.20 Å². The molecule has 3 N–H and O–H groups in total. The molecule has 3 aromatic rings. The molecule has 2 aromatic heterocycles. The van der Waals surface area contributed by atoms with Crippen LogP contribution in [0.15, 0.2) is 53.0 Å². The van der Waals surface area contributed by atoms with Crippen LogP contribution in [0.2, 0.25) is 0 Å². The Labute approximate surface area is 125 Å². The first-order valence-corrected chi connectivity index (χ1v) is 7.01. The summed E-state index contributed by atoms with van der Waals surface area (Å²) in [5, 5.41) is 4.38. The van der Waals surface area contributed by atoms with Crippen molar-refractivity contribution < 1.29 is 0 Å². The molecule has 3 rings (SSSR count). The normalized spacial score (nSPS) is 10.5. The standard InChI is InChI=1S/C13H13N7S/c1-20-8-7-15-13(20)21-12-18-10(14)17-11(19-12)16-9-5-3-2-4-6-9/h2-8H,1H3,(H3,14,16,17,18,19). The van der Waals surface area contributed by atoms with E-state index in [9.17, 15) is 0 Å². The van der Waals surface area contributed by atoms with Gasteiger partial charge in [-0.3, -0.25) is 0 Å². The topological polar surface area (TPSA) is 94.5 Å². The number of hydrogen-bond acceptors (Lipinski definition) is 7. The summed E-state index contributed by atoms with van der Waals surface area (Å²) in [7, 11) is 1.91. The van der Waals surface area contributed by atoms with Gasteiger partial charge in [0.25, 0.3) is 0 Å². The molecule has 0 aliphatic rings. The number of nitrogens with one attached hydrogen (secondary N) is 1. The second kappa shape index (κ2) is 5.80. The number of para-hydroxylation sites is 1. The summed E-state index contributed by atoms with van der Waals surface area (Å²) < 4.78 is 1.88. The number of aromatic nitrogens is 5. The molecule has 0 aliphatic carbocycles. The fourth-order valence-corrected chi connectivity index (χ4v) is 2.41. The summed E-state index contributed by atoms with van der Waals surface area (Å²) in [4.78, 5) is 16.8. The number of benzene rings is 1. The zero-order chi connectivity index (χ0) is 14.7. The van der Waals surface area contributed by atoms with Gasteiger partial charge < -0.3 is 15.6 Å². The second-order valence-corrected chi connectivity index (χ2v) is 5.15. The van der Waals surface area contributed by atoms with Crippen LogP contribution in [0, 0.1) is 0 Å². The van der Waals surface area contributed by atoms with E-state index >= 15 is 0 Å². The van der Waals surface area contributed by atoms with E-state index in [0.717, 1.165) is 10.8 Å². The van der Waals surface area contributed by atoms with Gasteiger partial charge in [-0.2, -0.15) is 15.0 Å². The van der Waals surface area contributed by atoms with Gasteiger partial charge in [-0.15, -0.1) is 0 Å². The van der Waals surface area contributed by atoms with Crippen LogP contribution in [-0.2, 0) is 7.05 Å². The largest absolute Gasteiger partial charge is 0.368 e. The van der Waals surface area contributed by atoms with Gasteiger partial charge in [0.05, 0.1) is 0 Å². The second-order valence-electron chi connectivity index (χ2n) is 4.21. The molecule has 2 heterocycles. The molecule has 1 aromatic carbocycles. The third kappa shape index (κ3) is 3.29. The summed E-state index contributed by atoms with van der Waals surface area (Å²) in [6.07, 6.45) is 3.58. The Morgan fingerprint density at radius 2 is 1.95 bits per heavy atom. The fourth-order valence-electron chi connectivity index (χ4n) is 1.66. The van der Waals surface area contributed by atoms with E-state index in [1.165, 1.54) is 11.8 Å². The Hall–Kier alpha value is -2.61. The van der Waals surface area contributed by atoms with Crippen molar-refractivity contribution in [3.05, 3.63) is 42.7 Å². The molecule has 0 fully saturated rings. The molecule has 0 amide bonds. The lowest BCUT2D eigenvalue weighted by Gasteiger charge is -2.06. The van der Waals surface area contributed by atoms with E-state index in [4.69, 9.17) is 5.73 Å². The smallest absolute Gasteiger partial charge is 0.233 e. The van der Waals surface area contributed by atoms with Gasteiger partial charge in [0.2, 0.25) is 17.1 Å². The van der Waals surface area contributed by atoms with Gasteiger partial charge in [0.1, 0.15) is 0 Å². The Morgan fingerprint density at radius 1 is 1.14 bits per heavy atom. The molecule has 7 nitrogen and oxygen atoms in total. The summed E-state index contributed by atoms with van der Waals surface area (Å²) in [6, 6.07) is 9.64. The van der Waals surface area contributed by atoms with Crippen LogP contribution in [-0.4, -0.2) is 24.5 Å². The lowest BCUT2D eigenvalue weighted by molar-refractivity contribution is 0.784. The minimum atomic E-state index is 0.167. The van der Waals surface area contributed by atoms with Gasteiger partial charge in [0, 0.05) is 25.1 Å². The summed E-state index contributed by atoms with van der Waals surface area (Å²) in [6.45, 7) is 0. The first-order chi connectivity index (χ1) is 10.2. The molecule has 0 aliphatic heterocycles. The van der Waals surface area contributed by atoms with Crippen molar-refractivity contribution in [2.24, 2.45) is 7.05 Å². The molecular formula is C13H13N7S. The molecule has 0 unspecified atom stereocenters. The predicted molar refractivity (Wildman–Crippen MR) is 81.3 cm³/mol. The van der Waals surface area contributed by atoms with Gasteiger partial charge in [-0.25, -0.2) is 4.98 Å². The minimum Gasteiger partial charge on any atom is -0.368 e. The number of nitrogens with two attached hydrogens (primary N) is 1. The van der Waals surface area contributed by atoms with Crippen molar-refractivity contribution in [2.45, 2.75) is 10.3 Å². The van der Waals surface area contributed by atoms with Crippen molar-refractivity contribution in [2.75, 3.05) is 11.1 Å². The molecule has 106 valence electrons. The number of nitrogen functional groups attached to an aromatic ring is 1. The molecule has 0 radical (unpaired) electrons. The number of aryl methyl sites for hydroxylation is 1. The highest BCUT2D eigenvalue weighted by Crippen LogP contribution is 2.24. The van der Waals surface area contributed by atoms with Crippen LogP contribution >= 0.6 is 11.8 Å². The van der Waals surface area contributed by atoms with Crippen LogP contribution in [0.5, 0.6) is 0 Å². The van der Waals surface area contributed by atoms with Crippen LogP contribution in [0.25, 0.3) is 0 Å². The molecule has 8 heteroatoms. The van der Waals surface area contributed by atoms with Crippen LogP contribution in [0.4, 0.5) is 17.6 Å². The van der Waals surface area contributed by atoms with Gasteiger partial charge in [-0.05, 0) is 23.9 Å². The van der Waals surface area contributed by atoms with E-state index in [0.29, 0.717) is 11.1 Å². The molecule has 0 saturated carbocycles. The summed E-state index contributed by atoms with van der Waals surface area (Å²) in [5.74, 6) is 0.575. The minimum absolute atomic E-state index is 0.167. The van der Waals surface area contributed by atoms with E-state index in [1.807, 2.05) is 48.1 Å². The lowest BCUT2D eigenvalue weighted by atomic mass is 10.3. The number of rotatable bonds is 4. The van der Waals surface area contributed by atoms with Crippen molar-refractivity contribution in [1.29, 1.82) is 0 Å². The third-order valence-corrected chi connectivity index (χ3v) is 3.56. The number of nitrogens with zero attached hydrogens (tertiary/aromatic N) is 5. The molecule has 0 bridgehead atoms. The van der Waals surface area contributed by atoms with Gasteiger partial charge in [-0.1, -0.05) is 18.2 Å². The first kappa shape index (κ1) is 13.4. The van der Waals surface area contributed by atoms with Gasteiger partial charge >= 0.3 is 0 Å². The summed E-state index contributed by atoms with van der Waals surface area (Å²) in [5.41, 5.74) is 6.62. The lowest BCUT2D eigenvalue weighted by Crippen LogP contribution is -2.04. The SMILES string of the molecule is Cn1ccnc1Sc1nc(N)nc(Nc2ccccc2)n1. The maximum absolute atomic E-state index is 5.74. The highest BCUT2D eigenvalue weighted by molar-refractivity contribution is 7.99. The van der Waals surface area contributed by atoms with Crippen molar-refractivity contribution >= 4 is 29.3 Å². The van der Waals surface area contributed by atoms with E-state index in [-0.39, 0.29) is 5.95 Å². The summed E-state index contributed by atoms with van der Waals surface area (Å²) >= 11 is 1.33. The zero-order valence-corrected chi connectivity index (χ0v) is 12.1. The average Bonchev–Trinajstić information content (AvgIpc) is 2.85. The molecule has 21 heavy (non-hydrogen) atoms. The number of imidazole rings is 1. The average molecular weight is 299 g/mol. The van der Waals surface area contributed by atoms with Crippen LogP contribution < -0.4 is 11.1 Å². The first-order valence-electron chi connectivity index (χ1n) is 6.19. The Morgan fingerprint density at radius 3 is 2.67 bits per heavy atom. The molecule has 0 atom stereocenters. The Kier molecular flexibility index (Phi) is 3.69. The zero-order valence-electron chi connectivity index (χ0n) is 11.3. The fraction of sp³-hybridized carbons (Fsp3) is 0.0769. The molecule has 0 saturated heterocycles. The highest BCUT2D eigenvalue weighted by Gasteiger charge is 2.09. The van der Waals surface area contributed by atoms with Crippen molar-refractivity contribution in [1.82, 2.24) is 24.5 Å². The maximum Gasteiger partial charge on any atom is 0.233 e. The number of anilines is 3. The van der Waals surface area contributed by atoms with Crippen LogP contribution in [0.3, 0.4) is 0 Å². The van der Waals surface area contributed by atoms with E-state index < -0.39 is 0 Å².